The number of hydrogen-bond acceptors (Lipinski definition) is 5. The van der Waals surface area contributed by atoms with Crippen molar-refractivity contribution in [2.75, 3.05) is 38.2 Å². The molecular weight excluding hydrogens is 483 g/mol. The molecule has 0 aromatic heterocycles. The second-order valence-electron chi connectivity index (χ2n) is 7.65. The molecule has 0 saturated carbocycles. The van der Waals surface area contributed by atoms with Crippen LogP contribution in [0.4, 0.5) is 0 Å². The predicted molar refractivity (Wildman–Crippen MR) is 119 cm³/mol. The average Bonchev–Trinajstić information content (AvgIpc) is 2.85. The Balaban J connectivity index is 0.00000676. The second kappa shape index (κ2) is 12.1. The van der Waals surface area contributed by atoms with E-state index in [2.05, 4.69) is 41.7 Å². The molecule has 1 heterocycles. The number of methoxy groups -OCH3 is 1. The summed E-state index contributed by atoms with van der Waals surface area (Å²) in [6.07, 6.45) is 0.746. The minimum absolute atomic E-state index is 0. The van der Waals surface area contributed by atoms with E-state index in [1.54, 1.807) is 7.11 Å². The molecule has 1 aliphatic rings. The van der Waals surface area contributed by atoms with Crippen molar-refractivity contribution in [1.29, 1.82) is 0 Å². The molecule has 160 valence electrons. The largest absolute Gasteiger partial charge is 0.379 e. The maximum atomic E-state index is 12.0. The van der Waals surface area contributed by atoms with Gasteiger partial charge in [-0.3, -0.25) is 9.79 Å². The van der Waals surface area contributed by atoms with Crippen LogP contribution in [0, 0.1) is 5.41 Å². The van der Waals surface area contributed by atoms with E-state index >= 15 is 0 Å². The SMILES string of the molecule is CCNC(=NCC(OC)C(C)(C)C)NCCC(=O)NC1CCS(=O)(=O)C1.I. The highest BCUT2D eigenvalue weighted by Crippen LogP contribution is 2.21. The number of guanidine groups is 1. The zero-order chi connectivity index (χ0) is 19.8. The lowest BCUT2D eigenvalue weighted by Gasteiger charge is -2.28. The van der Waals surface area contributed by atoms with Gasteiger partial charge in [0.15, 0.2) is 15.8 Å². The third-order valence-corrected chi connectivity index (χ3v) is 6.02. The number of halogens is 1. The first-order valence-electron chi connectivity index (χ1n) is 9.12. The maximum absolute atomic E-state index is 12.0. The number of carbonyl (C=O) groups excluding carboxylic acids is 1. The Hall–Kier alpha value is -0.620. The first-order chi connectivity index (χ1) is 12.1. The Morgan fingerprint density at radius 3 is 2.44 bits per heavy atom. The summed E-state index contributed by atoms with van der Waals surface area (Å²) in [5, 5.41) is 9.05. The average molecular weight is 518 g/mol. The van der Waals surface area contributed by atoms with E-state index in [1.165, 1.54) is 0 Å². The zero-order valence-electron chi connectivity index (χ0n) is 17.0. The standard InChI is InChI=1S/C17H34N4O4S.HI/c1-6-18-16(20-11-14(25-5)17(2,3)4)19-9-7-15(22)21-13-8-10-26(23,24)12-13;/h13-14H,6-12H2,1-5H3,(H,21,22)(H2,18,19,20);1H. The lowest BCUT2D eigenvalue weighted by atomic mass is 9.89. The smallest absolute Gasteiger partial charge is 0.222 e. The van der Waals surface area contributed by atoms with Crippen molar-refractivity contribution in [2.24, 2.45) is 10.4 Å². The minimum atomic E-state index is -2.98. The molecule has 0 bridgehead atoms. The number of sulfone groups is 1. The van der Waals surface area contributed by atoms with Gasteiger partial charge in [0.25, 0.3) is 0 Å². The zero-order valence-corrected chi connectivity index (χ0v) is 20.1. The molecule has 1 fully saturated rings. The van der Waals surface area contributed by atoms with Crippen molar-refractivity contribution in [2.45, 2.75) is 52.7 Å². The van der Waals surface area contributed by atoms with E-state index in [4.69, 9.17) is 4.74 Å². The molecular formula is C17H35IN4O4S. The molecule has 2 atom stereocenters. The van der Waals surface area contributed by atoms with E-state index in [0.717, 1.165) is 0 Å². The van der Waals surface area contributed by atoms with Gasteiger partial charge in [-0.05, 0) is 18.8 Å². The fourth-order valence-corrected chi connectivity index (χ4v) is 4.39. The van der Waals surface area contributed by atoms with Crippen molar-refractivity contribution < 1.29 is 17.9 Å². The molecule has 2 unspecified atom stereocenters. The topological polar surface area (TPSA) is 109 Å². The number of nitrogens with one attached hydrogen (secondary N) is 3. The molecule has 0 aromatic rings. The molecule has 1 aliphatic heterocycles. The Kier molecular flexibility index (Phi) is 11.8. The van der Waals surface area contributed by atoms with Gasteiger partial charge in [0, 0.05) is 32.7 Å². The summed E-state index contributed by atoms with van der Waals surface area (Å²) in [5.41, 5.74) is -0.0168. The fourth-order valence-electron chi connectivity index (χ4n) is 2.72. The van der Waals surface area contributed by atoms with Crippen molar-refractivity contribution in [3.8, 4) is 0 Å². The van der Waals surface area contributed by atoms with Crippen LogP contribution >= 0.6 is 24.0 Å². The number of amides is 1. The van der Waals surface area contributed by atoms with Crippen LogP contribution in [0.25, 0.3) is 0 Å². The lowest BCUT2D eigenvalue weighted by molar-refractivity contribution is -0.121. The van der Waals surface area contributed by atoms with Gasteiger partial charge >= 0.3 is 0 Å². The fraction of sp³-hybridized carbons (Fsp3) is 0.882. The van der Waals surface area contributed by atoms with E-state index in [0.29, 0.717) is 32.0 Å². The number of aliphatic imine (C=N–C) groups is 1. The number of hydrogen-bond donors (Lipinski definition) is 3. The van der Waals surface area contributed by atoms with Crippen LogP contribution in [-0.4, -0.2) is 70.7 Å². The van der Waals surface area contributed by atoms with E-state index in [-0.39, 0.29) is 65.4 Å². The molecule has 27 heavy (non-hydrogen) atoms. The molecule has 0 radical (unpaired) electrons. The van der Waals surface area contributed by atoms with Gasteiger partial charge in [0.05, 0.1) is 24.2 Å². The highest BCUT2D eigenvalue weighted by atomic mass is 127. The van der Waals surface area contributed by atoms with Gasteiger partial charge in [-0.25, -0.2) is 8.42 Å². The molecule has 3 N–H and O–H groups in total. The lowest BCUT2D eigenvalue weighted by Crippen LogP contribution is -2.42. The second-order valence-corrected chi connectivity index (χ2v) is 9.88. The van der Waals surface area contributed by atoms with Crippen molar-refractivity contribution in [1.82, 2.24) is 16.0 Å². The summed E-state index contributed by atoms with van der Waals surface area (Å²) in [6, 6.07) is -0.261. The highest BCUT2D eigenvalue weighted by molar-refractivity contribution is 14.0. The van der Waals surface area contributed by atoms with Crippen molar-refractivity contribution in [3.63, 3.8) is 0 Å². The summed E-state index contributed by atoms with van der Waals surface area (Å²) in [4.78, 5) is 16.5. The van der Waals surface area contributed by atoms with Crippen LogP contribution < -0.4 is 16.0 Å². The van der Waals surface area contributed by atoms with Gasteiger partial charge < -0.3 is 20.7 Å². The first-order valence-corrected chi connectivity index (χ1v) is 10.9. The van der Waals surface area contributed by atoms with E-state index < -0.39 is 9.84 Å². The van der Waals surface area contributed by atoms with Gasteiger partial charge in [-0.1, -0.05) is 20.8 Å². The Labute approximate surface area is 180 Å². The molecule has 8 nitrogen and oxygen atoms in total. The predicted octanol–water partition coefficient (Wildman–Crippen LogP) is 0.914. The molecule has 1 saturated heterocycles. The van der Waals surface area contributed by atoms with Crippen LogP contribution in [0.15, 0.2) is 4.99 Å². The first kappa shape index (κ1) is 26.4. The molecule has 1 rings (SSSR count). The number of ether oxygens (including phenoxy) is 1. The van der Waals surface area contributed by atoms with Crippen molar-refractivity contribution >= 4 is 45.7 Å². The molecule has 0 aliphatic carbocycles. The van der Waals surface area contributed by atoms with Gasteiger partial charge in [0.1, 0.15) is 0 Å². The summed E-state index contributed by atoms with van der Waals surface area (Å²) >= 11 is 0. The quantitative estimate of drug-likeness (QED) is 0.251. The normalized spacial score (nSPS) is 20.5. The molecule has 0 spiro atoms. The van der Waals surface area contributed by atoms with Gasteiger partial charge in [0.2, 0.25) is 5.91 Å². The van der Waals surface area contributed by atoms with Crippen LogP contribution in [0.2, 0.25) is 0 Å². The van der Waals surface area contributed by atoms with E-state index in [9.17, 15) is 13.2 Å². The van der Waals surface area contributed by atoms with Crippen LogP contribution in [0.1, 0.15) is 40.5 Å². The molecule has 1 amide bonds. The summed E-state index contributed by atoms with van der Waals surface area (Å²) in [6.45, 7) is 9.93. The number of carbonyl (C=O) groups is 1. The van der Waals surface area contributed by atoms with Crippen LogP contribution in [0.3, 0.4) is 0 Å². The van der Waals surface area contributed by atoms with Crippen molar-refractivity contribution in [3.05, 3.63) is 0 Å². The van der Waals surface area contributed by atoms with E-state index in [1.807, 2.05) is 6.92 Å². The Bertz CT molecular complexity index is 590. The number of rotatable bonds is 8. The highest BCUT2D eigenvalue weighted by Gasteiger charge is 2.28. The van der Waals surface area contributed by atoms with Gasteiger partial charge in [-0.2, -0.15) is 0 Å². The maximum Gasteiger partial charge on any atom is 0.222 e. The summed E-state index contributed by atoms with van der Waals surface area (Å²) < 4.78 is 28.3. The number of nitrogens with zero attached hydrogens (tertiary/aromatic N) is 1. The summed E-state index contributed by atoms with van der Waals surface area (Å²) in [7, 11) is -1.30. The van der Waals surface area contributed by atoms with Crippen LogP contribution in [-0.2, 0) is 19.4 Å². The van der Waals surface area contributed by atoms with Crippen LogP contribution in [0.5, 0.6) is 0 Å². The summed E-state index contributed by atoms with van der Waals surface area (Å²) in [5.74, 6) is 0.679. The Morgan fingerprint density at radius 1 is 1.30 bits per heavy atom. The Morgan fingerprint density at radius 2 is 1.96 bits per heavy atom. The molecule has 0 aromatic carbocycles. The minimum Gasteiger partial charge on any atom is -0.379 e. The third kappa shape index (κ3) is 10.5. The monoisotopic (exact) mass is 518 g/mol. The third-order valence-electron chi connectivity index (χ3n) is 4.25. The van der Waals surface area contributed by atoms with Gasteiger partial charge in [-0.15, -0.1) is 24.0 Å². The molecule has 10 heteroatoms.